The molecule has 0 amide bonds. The molecule has 0 aliphatic heterocycles. The van der Waals surface area contributed by atoms with Crippen LogP contribution in [0, 0.1) is 0 Å². The zero-order valence-corrected chi connectivity index (χ0v) is 19.1. The number of unbranched alkanes of at least 4 members (excludes halogenated alkanes) is 13. The van der Waals surface area contributed by atoms with Crippen LogP contribution in [0.25, 0.3) is 0 Å². The standard InChI is InChI=1S/C27H48/c1-5-6-7-8-9-10-11-12-13-14-15-16-17-18-19-25(4)27-22-20-26(21-23-27)24(2)3/h20-25H,5-19H2,1-4H3. The molecule has 0 aliphatic carbocycles. The Balaban J connectivity index is 1.91. The van der Waals surface area contributed by atoms with Crippen molar-refractivity contribution in [1.82, 2.24) is 0 Å². The lowest BCUT2D eigenvalue weighted by Gasteiger charge is -2.13. The van der Waals surface area contributed by atoms with Crippen LogP contribution in [-0.2, 0) is 0 Å². The zero-order valence-electron chi connectivity index (χ0n) is 19.1. The molecule has 0 N–H and O–H groups in total. The summed E-state index contributed by atoms with van der Waals surface area (Å²) in [6.07, 6.45) is 21.6. The normalized spacial score (nSPS) is 12.6. The molecular formula is C27H48. The van der Waals surface area contributed by atoms with Crippen molar-refractivity contribution in [1.29, 1.82) is 0 Å². The van der Waals surface area contributed by atoms with E-state index in [1.54, 1.807) is 0 Å². The van der Waals surface area contributed by atoms with Crippen LogP contribution in [0.3, 0.4) is 0 Å². The number of rotatable bonds is 17. The van der Waals surface area contributed by atoms with Crippen LogP contribution >= 0.6 is 0 Å². The largest absolute Gasteiger partial charge is 0.0654 e. The SMILES string of the molecule is CCCCCCCCCCCCCCCCC(C)c1ccc(C(C)C)cc1. The predicted molar refractivity (Wildman–Crippen MR) is 124 cm³/mol. The highest BCUT2D eigenvalue weighted by Crippen LogP contribution is 2.24. The van der Waals surface area contributed by atoms with Gasteiger partial charge in [0.1, 0.15) is 0 Å². The van der Waals surface area contributed by atoms with Gasteiger partial charge in [0, 0.05) is 0 Å². The summed E-state index contributed by atoms with van der Waals surface area (Å²) in [5, 5.41) is 0. The van der Waals surface area contributed by atoms with Gasteiger partial charge in [0.2, 0.25) is 0 Å². The Kier molecular flexibility index (Phi) is 14.6. The third-order valence-corrected chi connectivity index (χ3v) is 6.16. The molecule has 1 aromatic rings. The Morgan fingerprint density at radius 2 is 0.889 bits per heavy atom. The molecule has 0 fully saturated rings. The van der Waals surface area contributed by atoms with Crippen LogP contribution in [0.4, 0.5) is 0 Å². The van der Waals surface area contributed by atoms with Gasteiger partial charge in [-0.3, -0.25) is 0 Å². The first-order chi connectivity index (χ1) is 13.1. The van der Waals surface area contributed by atoms with E-state index < -0.39 is 0 Å². The molecule has 1 atom stereocenters. The first kappa shape index (κ1) is 24.3. The summed E-state index contributed by atoms with van der Waals surface area (Å²) in [7, 11) is 0. The predicted octanol–water partition coefficient (Wildman–Crippen LogP) is 9.78. The molecule has 1 rings (SSSR count). The number of hydrogen-bond acceptors (Lipinski definition) is 0. The maximum Gasteiger partial charge on any atom is -0.0190 e. The monoisotopic (exact) mass is 372 g/mol. The van der Waals surface area contributed by atoms with E-state index in [9.17, 15) is 0 Å². The van der Waals surface area contributed by atoms with E-state index in [-0.39, 0.29) is 0 Å². The van der Waals surface area contributed by atoms with Crippen molar-refractivity contribution in [3.05, 3.63) is 35.4 Å². The Hall–Kier alpha value is -0.780. The zero-order chi connectivity index (χ0) is 19.7. The van der Waals surface area contributed by atoms with E-state index in [1.807, 2.05) is 0 Å². The summed E-state index contributed by atoms with van der Waals surface area (Å²) in [5.74, 6) is 1.35. The molecule has 0 aromatic heterocycles. The fraction of sp³-hybridized carbons (Fsp3) is 0.778. The summed E-state index contributed by atoms with van der Waals surface area (Å²) in [6, 6.07) is 9.34. The second-order valence-corrected chi connectivity index (χ2v) is 9.11. The lowest BCUT2D eigenvalue weighted by Crippen LogP contribution is -1.95. The van der Waals surface area contributed by atoms with Crippen LogP contribution in [0.15, 0.2) is 24.3 Å². The molecule has 0 spiro atoms. The summed E-state index contributed by atoms with van der Waals surface area (Å²) in [5.41, 5.74) is 2.98. The van der Waals surface area contributed by atoms with Gasteiger partial charge >= 0.3 is 0 Å². The topological polar surface area (TPSA) is 0 Å². The van der Waals surface area contributed by atoms with Gasteiger partial charge in [-0.15, -0.1) is 0 Å². The number of hydrogen-bond donors (Lipinski definition) is 0. The average Bonchev–Trinajstić information content (AvgIpc) is 2.68. The van der Waals surface area contributed by atoms with Crippen molar-refractivity contribution in [2.24, 2.45) is 0 Å². The van der Waals surface area contributed by atoms with Crippen molar-refractivity contribution >= 4 is 0 Å². The molecule has 0 aliphatic rings. The maximum atomic E-state index is 2.40. The summed E-state index contributed by atoms with van der Waals surface area (Å²) in [4.78, 5) is 0. The third-order valence-electron chi connectivity index (χ3n) is 6.16. The van der Waals surface area contributed by atoms with Gasteiger partial charge in [-0.2, -0.15) is 0 Å². The molecule has 0 heterocycles. The number of benzene rings is 1. The Bertz CT molecular complexity index is 428. The van der Waals surface area contributed by atoms with Gasteiger partial charge < -0.3 is 0 Å². The van der Waals surface area contributed by atoms with Crippen LogP contribution in [0.2, 0.25) is 0 Å². The molecule has 156 valence electrons. The van der Waals surface area contributed by atoms with Gasteiger partial charge in [0.25, 0.3) is 0 Å². The quantitative estimate of drug-likeness (QED) is 0.239. The van der Waals surface area contributed by atoms with E-state index in [0.717, 1.165) is 0 Å². The molecule has 0 nitrogen and oxygen atoms in total. The minimum Gasteiger partial charge on any atom is -0.0654 e. The van der Waals surface area contributed by atoms with Gasteiger partial charge in [0.05, 0.1) is 0 Å². The minimum absolute atomic E-state index is 0.639. The van der Waals surface area contributed by atoms with Crippen molar-refractivity contribution in [3.8, 4) is 0 Å². The lowest BCUT2D eigenvalue weighted by atomic mass is 9.92. The van der Waals surface area contributed by atoms with Gasteiger partial charge in [-0.05, 0) is 29.4 Å². The van der Waals surface area contributed by atoms with Crippen molar-refractivity contribution in [2.75, 3.05) is 0 Å². The molecule has 0 saturated heterocycles. The van der Waals surface area contributed by atoms with Crippen LogP contribution in [-0.4, -0.2) is 0 Å². The molecule has 1 unspecified atom stereocenters. The van der Waals surface area contributed by atoms with Crippen LogP contribution in [0.5, 0.6) is 0 Å². The van der Waals surface area contributed by atoms with E-state index in [1.165, 1.54) is 107 Å². The van der Waals surface area contributed by atoms with E-state index in [2.05, 4.69) is 52.0 Å². The van der Waals surface area contributed by atoms with Crippen LogP contribution < -0.4 is 0 Å². The Labute approximate surface area is 171 Å². The van der Waals surface area contributed by atoms with Gasteiger partial charge in [-0.25, -0.2) is 0 Å². The summed E-state index contributed by atoms with van der Waals surface area (Å²) in [6.45, 7) is 9.23. The molecule has 1 aromatic carbocycles. The first-order valence-electron chi connectivity index (χ1n) is 12.2. The minimum atomic E-state index is 0.639. The van der Waals surface area contributed by atoms with Crippen molar-refractivity contribution in [3.63, 3.8) is 0 Å². The van der Waals surface area contributed by atoms with Crippen molar-refractivity contribution < 1.29 is 0 Å². The molecule has 0 bridgehead atoms. The van der Waals surface area contributed by atoms with Gasteiger partial charge in [-0.1, -0.05) is 142 Å². The molecule has 0 radical (unpaired) electrons. The highest BCUT2D eigenvalue weighted by molar-refractivity contribution is 5.26. The van der Waals surface area contributed by atoms with Crippen molar-refractivity contribution in [2.45, 2.75) is 136 Å². The smallest absolute Gasteiger partial charge is 0.0190 e. The van der Waals surface area contributed by atoms with Crippen LogP contribution in [0.1, 0.15) is 147 Å². The Morgan fingerprint density at radius 1 is 0.519 bits per heavy atom. The van der Waals surface area contributed by atoms with E-state index >= 15 is 0 Å². The lowest BCUT2D eigenvalue weighted by molar-refractivity contribution is 0.524. The fourth-order valence-corrected chi connectivity index (χ4v) is 4.02. The van der Waals surface area contributed by atoms with Gasteiger partial charge in [0.15, 0.2) is 0 Å². The highest BCUT2D eigenvalue weighted by Gasteiger charge is 2.06. The Morgan fingerprint density at radius 3 is 1.30 bits per heavy atom. The molecule has 0 heteroatoms. The fourth-order valence-electron chi connectivity index (χ4n) is 4.02. The first-order valence-corrected chi connectivity index (χ1v) is 12.2. The second kappa shape index (κ2) is 16.2. The molecular weight excluding hydrogens is 324 g/mol. The highest BCUT2D eigenvalue weighted by atomic mass is 14.1. The van der Waals surface area contributed by atoms with E-state index in [0.29, 0.717) is 11.8 Å². The summed E-state index contributed by atoms with van der Waals surface area (Å²) < 4.78 is 0. The second-order valence-electron chi connectivity index (χ2n) is 9.11. The molecule has 0 saturated carbocycles. The van der Waals surface area contributed by atoms with E-state index in [4.69, 9.17) is 0 Å². The average molecular weight is 373 g/mol. The summed E-state index contributed by atoms with van der Waals surface area (Å²) >= 11 is 0. The maximum absolute atomic E-state index is 2.40. The third kappa shape index (κ3) is 12.3. The molecule has 27 heavy (non-hydrogen) atoms.